The quantitative estimate of drug-likeness (QED) is 0.362. The third-order valence-corrected chi connectivity index (χ3v) is 4.78. The zero-order chi connectivity index (χ0) is 19.1. The zero-order valence-electron chi connectivity index (χ0n) is 15.5. The summed E-state index contributed by atoms with van der Waals surface area (Å²) < 4.78 is 5.62. The van der Waals surface area contributed by atoms with Gasteiger partial charge in [0.25, 0.3) is 0 Å². The molecule has 1 heterocycles. The van der Waals surface area contributed by atoms with Crippen molar-refractivity contribution in [2.24, 2.45) is 0 Å². The number of hydrogen-bond donors (Lipinski definition) is 1. The van der Waals surface area contributed by atoms with Crippen LogP contribution in [0, 0.1) is 6.92 Å². The summed E-state index contributed by atoms with van der Waals surface area (Å²) in [4.78, 5) is 20.3. The third-order valence-electron chi connectivity index (χ3n) is 4.78. The number of nitrogens with zero attached hydrogens (tertiary/aromatic N) is 3. The van der Waals surface area contributed by atoms with Crippen LogP contribution in [0.3, 0.4) is 0 Å². The molecule has 1 aromatic carbocycles. The standard InChI is InChI=1S/C21H24N4O2/c1-15-10-12-16(13-11-15)19(24-18-9-5-6-14-23-18)20(25-22)21(26)27-17-7-3-2-4-8-17/h5-6,9-14,17,19H,2-4,7-8H2,1H3,(H,23,24). The lowest BCUT2D eigenvalue weighted by atomic mass is 9.97. The van der Waals surface area contributed by atoms with Gasteiger partial charge < -0.3 is 15.6 Å². The van der Waals surface area contributed by atoms with Gasteiger partial charge in [0, 0.05) is 6.20 Å². The van der Waals surface area contributed by atoms with Gasteiger partial charge >= 0.3 is 11.7 Å². The topological polar surface area (TPSA) is 87.6 Å². The zero-order valence-corrected chi connectivity index (χ0v) is 15.5. The second kappa shape index (κ2) is 9.10. The van der Waals surface area contributed by atoms with Crippen LogP contribution in [0.1, 0.15) is 49.3 Å². The average Bonchev–Trinajstić information content (AvgIpc) is 2.70. The predicted octanol–water partition coefficient (Wildman–Crippen LogP) is 4.09. The van der Waals surface area contributed by atoms with Crippen LogP contribution in [-0.4, -0.2) is 27.6 Å². The summed E-state index contributed by atoms with van der Waals surface area (Å²) in [6.45, 7) is 1.99. The van der Waals surface area contributed by atoms with Gasteiger partial charge in [0.1, 0.15) is 11.9 Å². The monoisotopic (exact) mass is 364 g/mol. The van der Waals surface area contributed by atoms with Crippen LogP contribution < -0.4 is 5.32 Å². The first-order chi connectivity index (χ1) is 13.2. The highest BCUT2D eigenvalue weighted by molar-refractivity contribution is 6.36. The van der Waals surface area contributed by atoms with E-state index in [1.165, 1.54) is 6.42 Å². The summed E-state index contributed by atoms with van der Waals surface area (Å²) in [5.74, 6) is -0.0203. The molecule has 0 saturated heterocycles. The van der Waals surface area contributed by atoms with Crippen molar-refractivity contribution in [1.82, 2.24) is 4.98 Å². The first kappa shape index (κ1) is 18.8. The maximum absolute atomic E-state index is 12.7. The Balaban J connectivity index is 1.85. The Bertz CT molecular complexity index is 808. The molecule has 1 saturated carbocycles. The van der Waals surface area contributed by atoms with E-state index < -0.39 is 12.0 Å². The lowest BCUT2D eigenvalue weighted by molar-refractivity contribution is -0.147. The number of nitrogens with one attached hydrogen (secondary N) is 1. The van der Waals surface area contributed by atoms with E-state index in [0.717, 1.165) is 36.8 Å². The first-order valence-corrected chi connectivity index (χ1v) is 9.34. The molecule has 0 spiro atoms. The largest absolute Gasteiger partial charge is 0.454 e. The van der Waals surface area contributed by atoms with Gasteiger partial charge in [-0.05, 0) is 50.3 Å². The highest BCUT2D eigenvalue weighted by Crippen LogP contribution is 2.24. The summed E-state index contributed by atoms with van der Waals surface area (Å²) in [5, 5.41) is 3.18. The van der Waals surface area contributed by atoms with E-state index in [0.29, 0.717) is 5.82 Å². The molecule has 140 valence electrons. The first-order valence-electron chi connectivity index (χ1n) is 9.34. The van der Waals surface area contributed by atoms with E-state index in [1.54, 1.807) is 12.3 Å². The maximum atomic E-state index is 12.7. The van der Waals surface area contributed by atoms with Gasteiger partial charge in [0.05, 0.1) is 0 Å². The summed E-state index contributed by atoms with van der Waals surface area (Å²) in [5.41, 5.74) is 11.4. The number of hydrogen-bond acceptors (Lipinski definition) is 4. The molecule has 6 nitrogen and oxygen atoms in total. The Morgan fingerprint density at radius 1 is 1.19 bits per heavy atom. The molecular formula is C21H24N4O2. The lowest BCUT2D eigenvalue weighted by Gasteiger charge is -2.22. The molecule has 1 aromatic heterocycles. The number of rotatable bonds is 6. The van der Waals surface area contributed by atoms with Crippen molar-refractivity contribution in [3.8, 4) is 0 Å². The molecule has 0 amide bonds. The van der Waals surface area contributed by atoms with E-state index in [2.05, 4.69) is 15.1 Å². The van der Waals surface area contributed by atoms with Crippen LogP contribution in [0.4, 0.5) is 5.82 Å². The molecule has 6 heteroatoms. The fourth-order valence-electron chi connectivity index (χ4n) is 3.28. The van der Waals surface area contributed by atoms with Crippen molar-refractivity contribution in [2.75, 3.05) is 5.32 Å². The van der Waals surface area contributed by atoms with Crippen molar-refractivity contribution >= 4 is 17.5 Å². The summed E-state index contributed by atoms with van der Waals surface area (Å²) >= 11 is 0. The summed E-state index contributed by atoms with van der Waals surface area (Å²) in [6.07, 6.45) is 6.53. The molecular weight excluding hydrogens is 340 g/mol. The number of benzene rings is 1. The number of aryl methyl sites for hydroxylation is 1. The Hall–Kier alpha value is -2.98. The van der Waals surface area contributed by atoms with Gasteiger partial charge in [-0.1, -0.05) is 42.3 Å². The molecule has 1 N–H and O–H groups in total. The van der Waals surface area contributed by atoms with Gasteiger partial charge in [-0.25, -0.2) is 9.78 Å². The number of pyridine rings is 1. The minimum absolute atomic E-state index is 0.0740. The molecule has 27 heavy (non-hydrogen) atoms. The van der Waals surface area contributed by atoms with E-state index >= 15 is 0 Å². The fourth-order valence-corrected chi connectivity index (χ4v) is 3.28. The van der Waals surface area contributed by atoms with E-state index in [4.69, 9.17) is 4.74 Å². The molecule has 1 aliphatic carbocycles. The van der Waals surface area contributed by atoms with Crippen LogP contribution in [0.15, 0.2) is 48.7 Å². The minimum atomic E-state index is -0.665. The number of ether oxygens (including phenoxy) is 1. The molecule has 1 unspecified atom stereocenters. The number of anilines is 1. The Morgan fingerprint density at radius 2 is 1.93 bits per heavy atom. The second-order valence-corrected chi connectivity index (χ2v) is 6.85. The molecule has 2 aromatic rings. The third kappa shape index (κ3) is 5.02. The van der Waals surface area contributed by atoms with Gasteiger partial charge in [-0.15, -0.1) is 0 Å². The van der Waals surface area contributed by atoms with Crippen LogP contribution in [-0.2, 0) is 9.53 Å². The molecule has 0 radical (unpaired) electrons. The van der Waals surface area contributed by atoms with Crippen molar-refractivity contribution in [2.45, 2.75) is 51.2 Å². The van der Waals surface area contributed by atoms with Crippen molar-refractivity contribution in [3.05, 3.63) is 65.3 Å². The molecule has 1 fully saturated rings. The van der Waals surface area contributed by atoms with E-state index in [1.807, 2.05) is 43.3 Å². The van der Waals surface area contributed by atoms with Gasteiger partial charge in [0.15, 0.2) is 6.04 Å². The molecule has 3 rings (SSSR count). The van der Waals surface area contributed by atoms with Crippen LogP contribution >= 0.6 is 0 Å². The highest BCUT2D eigenvalue weighted by atomic mass is 16.5. The molecule has 0 aliphatic heterocycles. The van der Waals surface area contributed by atoms with Crippen LogP contribution in [0.25, 0.3) is 5.53 Å². The van der Waals surface area contributed by atoms with Crippen molar-refractivity contribution < 1.29 is 14.3 Å². The summed E-state index contributed by atoms with van der Waals surface area (Å²) in [7, 11) is 0. The van der Waals surface area contributed by atoms with Gasteiger partial charge in [-0.2, -0.15) is 4.79 Å². The Morgan fingerprint density at radius 3 is 2.56 bits per heavy atom. The number of carbonyl (C=O) groups excluding carboxylic acids is 1. The second-order valence-electron chi connectivity index (χ2n) is 6.85. The van der Waals surface area contributed by atoms with Gasteiger partial charge in [-0.3, -0.25) is 0 Å². The van der Waals surface area contributed by atoms with E-state index in [9.17, 15) is 10.3 Å². The Kier molecular flexibility index (Phi) is 6.34. The van der Waals surface area contributed by atoms with Crippen LogP contribution in [0.2, 0.25) is 0 Å². The fraction of sp³-hybridized carbons (Fsp3) is 0.381. The Labute approximate surface area is 159 Å². The predicted molar refractivity (Wildman–Crippen MR) is 103 cm³/mol. The molecule has 1 aliphatic rings. The summed E-state index contributed by atoms with van der Waals surface area (Å²) in [6, 6.07) is 12.5. The minimum Gasteiger partial charge on any atom is -0.454 e. The number of carbonyl (C=O) groups is 1. The smallest absolute Gasteiger partial charge is 0.419 e. The van der Waals surface area contributed by atoms with E-state index in [-0.39, 0.29) is 11.8 Å². The van der Waals surface area contributed by atoms with Crippen molar-refractivity contribution in [3.63, 3.8) is 0 Å². The lowest BCUT2D eigenvalue weighted by Crippen LogP contribution is -2.34. The SMILES string of the molecule is Cc1ccc(C(Nc2ccccn2)C(=[N+]=[N-])C(=O)OC2CCCCC2)cc1. The normalized spacial score (nSPS) is 15.4. The number of aromatic nitrogens is 1. The van der Waals surface area contributed by atoms with Gasteiger partial charge in [0.2, 0.25) is 0 Å². The molecule has 0 bridgehead atoms. The maximum Gasteiger partial charge on any atom is 0.419 e. The molecule has 1 atom stereocenters. The average molecular weight is 364 g/mol. The van der Waals surface area contributed by atoms with Crippen LogP contribution in [0.5, 0.6) is 0 Å². The highest BCUT2D eigenvalue weighted by Gasteiger charge is 2.36. The number of esters is 1. The van der Waals surface area contributed by atoms with Crippen molar-refractivity contribution in [1.29, 1.82) is 0 Å².